The number of hydrogen-bond acceptors (Lipinski definition) is 6. The van der Waals surface area contributed by atoms with Crippen molar-refractivity contribution in [1.82, 2.24) is 9.97 Å². The van der Waals surface area contributed by atoms with Crippen molar-refractivity contribution in [3.63, 3.8) is 0 Å². The van der Waals surface area contributed by atoms with Crippen LogP contribution in [0.3, 0.4) is 0 Å². The van der Waals surface area contributed by atoms with Crippen LogP contribution >= 0.6 is 11.3 Å². The summed E-state index contributed by atoms with van der Waals surface area (Å²) in [5.41, 5.74) is 1.99. The van der Waals surface area contributed by atoms with Crippen molar-refractivity contribution in [3.05, 3.63) is 73.6 Å². The summed E-state index contributed by atoms with van der Waals surface area (Å²) < 4.78 is 8.46. The molecule has 0 aliphatic carbocycles. The highest BCUT2D eigenvalue weighted by molar-refractivity contribution is 7.22. The molecule has 0 aliphatic heterocycles. The van der Waals surface area contributed by atoms with Gasteiger partial charge in [-0.15, -0.1) is 0 Å². The first-order valence-corrected chi connectivity index (χ1v) is 13.0. The second kappa shape index (κ2) is 10.2. The minimum atomic E-state index is -0.452. The number of carbonyl (C=O) groups is 2. The number of methoxy groups -OCH3 is 1. The third-order valence-corrected chi connectivity index (χ3v) is 8.32. The first-order chi connectivity index (χ1) is 16.0. The van der Waals surface area contributed by atoms with Gasteiger partial charge in [-0.05, 0) is 54.6 Å². The standard InChI is InChI=1S/C23H20IN5O3S/c1-25-23(31)29(2)16-7-4-14(5-8-16)24-15-6-10-19(26-13-15)21(30)28-22-27-18-11-9-17(32-3)12-20(18)33-22/h4-13H,1-3H3,(H-,25,27,28,30,31)/p+2. The summed E-state index contributed by atoms with van der Waals surface area (Å²) in [6.07, 6.45) is 1.75. The monoisotopic (exact) mass is 575 g/mol. The maximum Gasteiger partial charge on any atom is 0.419 e. The highest BCUT2D eigenvalue weighted by Crippen LogP contribution is 2.29. The number of rotatable bonds is 6. The molecule has 0 fully saturated rings. The summed E-state index contributed by atoms with van der Waals surface area (Å²) >= 11 is 0.937. The molecule has 0 spiro atoms. The molecule has 3 amide bonds. The molecule has 0 aliphatic rings. The van der Waals surface area contributed by atoms with E-state index in [0.29, 0.717) is 10.8 Å². The Morgan fingerprint density at radius 1 is 1.09 bits per heavy atom. The van der Waals surface area contributed by atoms with Gasteiger partial charge < -0.3 is 4.74 Å². The molecular formula is C23H22IN5O3S+2. The number of thiazole rings is 1. The Morgan fingerprint density at radius 3 is 2.52 bits per heavy atom. The Labute approximate surface area is 205 Å². The van der Waals surface area contributed by atoms with Crippen LogP contribution in [0, 0.1) is 7.14 Å². The van der Waals surface area contributed by atoms with Gasteiger partial charge in [0, 0.05) is 12.7 Å². The van der Waals surface area contributed by atoms with Crippen LogP contribution in [0.2, 0.25) is 0 Å². The normalized spacial score (nSPS) is 10.8. The summed E-state index contributed by atoms with van der Waals surface area (Å²) in [7, 11) is 5.10. The number of amides is 3. The third kappa shape index (κ3) is 5.46. The van der Waals surface area contributed by atoms with E-state index in [2.05, 4.69) is 15.3 Å². The molecule has 0 bridgehead atoms. The Morgan fingerprint density at radius 2 is 1.85 bits per heavy atom. The van der Waals surface area contributed by atoms with Crippen LogP contribution in [0.15, 0.2) is 60.8 Å². The van der Waals surface area contributed by atoms with E-state index in [4.69, 9.17) is 4.74 Å². The third-order valence-electron chi connectivity index (χ3n) is 4.79. The number of anilines is 2. The zero-order chi connectivity index (χ0) is 23.4. The predicted molar refractivity (Wildman–Crippen MR) is 124 cm³/mol. The smallest absolute Gasteiger partial charge is 0.419 e. The SMILES string of the molecule is C[NH2+]C(=O)N(C)c1ccc([I+]c2ccc(C(=O)Nc3nc4ccc(OC)cc4s3)nc2)cc1. The number of carbonyl (C=O) groups excluding carboxylic acids is 2. The molecule has 0 atom stereocenters. The maximum absolute atomic E-state index is 12.6. The van der Waals surface area contributed by atoms with Gasteiger partial charge in [0.15, 0.2) is 8.70 Å². The van der Waals surface area contributed by atoms with Crippen molar-refractivity contribution >= 4 is 44.3 Å². The van der Waals surface area contributed by atoms with E-state index >= 15 is 0 Å². The molecule has 0 saturated carbocycles. The molecular weight excluding hydrogens is 553 g/mol. The molecule has 2 aromatic heterocycles. The number of fused-ring (bicyclic) bond motifs is 1. The van der Waals surface area contributed by atoms with Crippen LogP contribution in [-0.4, -0.2) is 43.1 Å². The average molecular weight is 575 g/mol. The topological polar surface area (TPSA) is 101 Å². The van der Waals surface area contributed by atoms with Gasteiger partial charge in [0.25, 0.3) is 5.91 Å². The molecule has 10 heteroatoms. The number of nitrogens with two attached hydrogens (primary N) is 1. The van der Waals surface area contributed by atoms with Gasteiger partial charge in [-0.25, -0.2) is 14.8 Å². The molecule has 33 heavy (non-hydrogen) atoms. The zero-order valence-electron chi connectivity index (χ0n) is 18.2. The fraction of sp³-hybridized carbons (Fsp3) is 0.130. The van der Waals surface area contributed by atoms with E-state index < -0.39 is 21.2 Å². The van der Waals surface area contributed by atoms with E-state index in [-0.39, 0.29) is 11.9 Å². The number of urea groups is 1. The largest absolute Gasteiger partial charge is 0.497 e. The fourth-order valence-electron chi connectivity index (χ4n) is 2.99. The van der Waals surface area contributed by atoms with Crippen LogP contribution in [0.25, 0.3) is 10.2 Å². The van der Waals surface area contributed by atoms with Gasteiger partial charge in [-0.3, -0.25) is 20.3 Å². The number of quaternary nitrogens is 1. The van der Waals surface area contributed by atoms with Crippen molar-refractivity contribution in [2.24, 2.45) is 0 Å². The van der Waals surface area contributed by atoms with Crippen LogP contribution in [-0.2, 0) is 0 Å². The quantitative estimate of drug-likeness (QED) is 0.311. The molecule has 0 unspecified atom stereocenters. The lowest BCUT2D eigenvalue weighted by Crippen LogP contribution is -3.61. The highest BCUT2D eigenvalue weighted by atomic mass is 127. The lowest BCUT2D eigenvalue weighted by molar-refractivity contribution is -0.597. The maximum atomic E-state index is 12.6. The number of primary amides is 1. The van der Waals surface area contributed by atoms with Crippen LogP contribution < -0.4 is 41.5 Å². The number of ether oxygens (including phenoxy) is 1. The van der Waals surface area contributed by atoms with E-state index in [1.54, 1.807) is 38.4 Å². The molecule has 2 aromatic carbocycles. The van der Waals surface area contributed by atoms with Crippen molar-refractivity contribution in [2.75, 3.05) is 31.4 Å². The number of hydrogen-bond donors (Lipinski definition) is 2. The van der Waals surface area contributed by atoms with Crippen molar-refractivity contribution in [2.45, 2.75) is 0 Å². The molecule has 168 valence electrons. The van der Waals surface area contributed by atoms with Crippen LogP contribution in [0.1, 0.15) is 10.5 Å². The Hall–Kier alpha value is -3.09. The summed E-state index contributed by atoms with van der Waals surface area (Å²) in [4.78, 5) is 34.8. The molecule has 4 aromatic rings. The Bertz CT molecular complexity index is 1290. The number of halogens is 1. The summed E-state index contributed by atoms with van der Waals surface area (Å²) in [6, 6.07) is 17.2. The first-order valence-electron chi connectivity index (χ1n) is 10.0. The number of benzene rings is 2. The highest BCUT2D eigenvalue weighted by Gasteiger charge is 2.19. The average Bonchev–Trinajstić information content (AvgIpc) is 3.25. The molecule has 3 N–H and O–H groups in total. The van der Waals surface area contributed by atoms with Crippen LogP contribution in [0.4, 0.5) is 15.6 Å². The van der Waals surface area contributed by atoms with Gasteiger partial charge in [0.1, 0.15) is 11.4 Å². The van der Waals surface area contributed by atoms with Crippen molar-refractivity contribution in [1.29, 1.82) is 0 Å². The number of pyridine rings is 1. The number of nitrogens with zero attached hydrogens (tertiary/aromatic N) is 3. The molecule has 2 heterocycles. The van der Waals surface area contributed by atoms with Crippen molar-refractivity contribution in [3.8, 4) is 5.75 Å². The Balaban J connectivity index is 1.39. The number of aromatic nitrogens is 2. The molecule has 4 rings (SSSR count). The van der Waals surface area contributed by atoms with E-state index in [9.17, 15) is 9.59 Å². The second-order valence-corrected chi connectivity index (χ2v) is 11.0. The fourth-order valence-corrected chi connectivity index (χ4v) is 5.95. The first kappa shape index (κ1) is 23.1. The molecule has 8 nitrogen and oxygen atoms in total. The lowest BCUT2D eigenvalue weighted by Gasteiger charge is -2.12. The predicted octanol–water partition coefficient (Wildman–Crippen LogP) is -0.170. The van der Waals surface area contributed by atoms with E-state index in [1.165, 1.54) is 20.2 Å². The van der Waals surface area contributed by atoms with Gasteiger partial charge in [-0.1, -0.05) is 11.3 Å². The van der Waals surface area contributed by atoms with Gasteiger partial charge in [0.05, 0.1) is 30.6 Å². The molecule has 0 saturated heterocycles. The zero-order valence-corrected chi connectivity index (χ0v) is 21.2. The van der Waals surface area contributed by atoms with Crippen molar-refractivity contribution < 1.29 is 40.8 Å². The van der Waals surface area contributed by atoms with Crippen LogP contribution in [0.5, 0.6) is 5.75 Å². The molecule has 0 radical (unpaired) electrons. The summed E-state index contributed by atoms with van der Waals surface area (Å²) in [5.74, 6) is 0.453. The van der Waals surface area contributed by atoms with Gasteiger partial charge >= 0.3 is 27.2 Å². The second-order valence-electron chi connectivity index (χ2n) is 6.93. The number of nitrogens with one attached hydrogen (secondary N) is 1. The van der Waals surface area contributed by atoms with Gasteiger partial charge in [-0.2, -0.15) is 0 Å². The summed E-state index contributed by atoms with van der Waals surface area (Å²) in [6.45, 7) is 0. The summed E-state index contributed by atoms with van der Waals surface area (Å²) in [5, 5.41) is 4.88. The van der Waals surface area contributed by atoms with E-state index in [1.807, 2.05) is 48.5 Å². The Kier molecular flexibility index (Phi) is 7.16. The minimum absolute atomic E-state index is 0.0407. The lowest BCUT2D eigenvalue weighted by atomic mass is 10.3. The van der Waals surface area contributed by atoms with E-state index in [0.717, 1.165) is 25.2 Å². The minimum Gasteiger partial charge on any atom is -0.497 e. The van der Waals surface area contributed by atoms with Gasteiger partial charge in [0.2, 0.25) is 3.57 Å².